The Morgan fingerprint density at radius 2 is 1.86 bits per heavy atom. The summed E-state index contributed by atoms with van der Waals surface area (Å²) in [5.41, 5.74) is 4.33. The van der Waals surface area contributed by atoms with Crippen LogP contribution in [0.3, 0.4) is 0 Å². The molecule has 0 saturated heterocycles. The van der Waals surface area contributed by atoms with E-state index in [0.717, 1.165) is 22.6 Å². The van der Waals surface area contributed by atoms with Crippen LogP contribution in [-0.2, 0) is 11.4 Å². The molecule has 1 N–H and O–H groups in total. The molecule has 22 heavy (non-hydrogen) atoms. The third-order valence-corrected chi connectivity index (χ3v) is 4.09. The first-order valence-electron chi connectivity index (χ1n) is 7.68. The molecule has 2 aromatic carbocycles. The van der Waals surface area contributed by atoms with Gasteiger partial charge in [-0.1, -0.05) is 43.7 Å². The van der Waals surface area contributed by atoms with Crippen molar-refractivity contribution in [1.29, 1.82) is 0 Å². The highest BCUT2D eigenvalue weighted by atomic mass is 16.5. The van der Waals surface area contributed by atoms with E-state index in [1.807, 2.05) is 18.2 Å². The highest BCUT2D eigenvalue weighted by Crippen LogP contribution is 2.39. The van der Waals surface area contributed by atoms with Crippen molar-refractivity contribution >= 4 is 11.6 Å². The number of aryl methyl sites for hydroxylation is 1. The maximum Gasteiger partial charge on any atom is 0.232 e. The third-order valence-electron chi connectivity index (χ3n) is 4.09. The van der Waals surface area contributed by atoms with Crippen molar-refractivity contribution in [2.45, 2.75) is 33.3 Å². The number of benzene rings is 2. The lowest BCUT2D eigenvalue weighted by atomic mass is 9.90. The van der Waals surface area contributed by atoms with E-state index in [4.69, 9.17) is 4.74 Å². The second-order valence-corrected chi connectivity index (χ2v) is 6.23. The van der Waals surface area contributed by atoms with Gasteiger partial charge < -0.3 is 10.1 Å². The van der Waals surface area contributed by atoms with E-state index in [1.54, 1.807) is 0 Å². The Labute approximate surface area is 131 Å². The number of hydrogen-bond donors (Lipinski definition) is 1. The number of rotatable bonds is 4. The Morgan fingerprint density at radius 3 is 2.55 bits per heavy atom. The Morgan fingerprint density at radius 1 is 1.14 bits per heavy atom. The van der Waals surface area contributed by atoms with Crippen molar-refractivity contribution in [2.24, 2.45) is 5.92 Å². The highest BCUT2D eigenvalue weighted by molar-refractivity contribution is 6.03. The van der Waals surface area contributed by atoms with Crippen LogP contribution in [0.25, 0.3) is 0 Å². The van der Waals surface area contributed by atoms with Gasteiger partial charge in [-0.2, -0.15) is 0 Å². The van der Waals surface area contributed by atoms with Gasteiger partial charge in [0.25, 0.3) is 0 Å². The molecule has 0 saturated carbocycles. The fourth-order valence-electron chi connectivity index (χ4n) is 2.87. The molecule has 0 bridgehead atoms. The normalized spacial score (nSPS) is 16.5. The van der Waals surface area contributed by atoms with Crippen LogP contribution in [0.15, 0.2) is 42.5 Å². The molecule has 3 heteroatoms. The minimum absolute atomic E-state index is 0.0840. The first-order chi connectivity index (χ1) is 10.5. The Balaban J connectivity index is 1.76. The fraction of sp³-hybridized carbons (Fsp3) is 0.316. The van der Waals surface area contributed by atoms with Gasteiger partial charge in [-0.25, -0.2) is 0 Å². The summed E-state index contributed by atoms with van der Waals surface area (Å²) >= 11 is 0. The maximum absolute atomic E-state index is 12.0. The number of fused-ring (bicyclic) bond motifs is 1. The van der Waals surface area contributed by atoms with Crippen molar-refractivity contribution in [2.75, 3.05) is 5.32 Å². The summed E-state index contributed by atoms with van der Waals surface area (Å²) in [6.45, 7) is 6.74. The molecule has 1 aliphatic heterocycles. The Hall–Kier alpha value is -2.29. The van der Waals surface area contributed by atoms with Crippen LogP contribution in [0, 0.1) is 12.8 Å². The molecule has 3 rings (SSSR count). The van der Waals surface area contributed by atoms with Gasteiger partial charge in [0.05, 0.1) is 5.92 Å². The average molecular weight is 295 g/mol. The lowest BCUT2D eigenvalue weighted by Crippen LogP contribution is -2.16. The van der Waals surface area contributed by atoms with E-state index in [1.165, 1.54) is 5.56 Å². The van der Waals surface area contributed by atoms with Crippen LogP contribution in [0.5, 0.6) is 5.75 Å². The van der Waals surface area contributed by atoms with Crippen molar-refractivity contribution < 1.29 is 9.53 Å². The van der Waals surface area contributed by atoms with Crippen LogP contribution in [0.1, 0.15) is 36.5 Å². The smallest absolute Gasteiger partial charge is 0.232 e. The molecule has 1 heterocycles. The zero-order valence-electron chi connectivity index (χ0n) is 13.2. The van der Waals surface area contributed by atoms with Gasteiger partial charge in [-0.05, 0) is 42.2 Å². The number of amides is 1. The van der Waals surface area contributed by atoms with Gasteiger partial charge in [0.1, 0.15) is 12.4 Å². The molecule has 0 radical (unpaired) electrons. The van der Waals surface area contributed by atoms with Crippen molar-refractivity contribution in [1.82, 2.24) is 0 Å². The fourth-order valence-corrected chi connectivity index (χ4v) is 2.87. The minimum atomic E-state index is -0.0853. The van der Waals surface area contributed by atoms with Crippen LogP contribution in [0.2, 0.25) is 0 Å². The van der Waals surface area contributed by atoms with E-state index in [-0.39, 0.29) is 17.7 Å². The summed E-state index contributed by atoms with van der Waals surface area (Å²) in [4.78, 5) is 12.0. The van der Waals surface area contributed by atoms with Crippen LogP contribution in [-0.4, -0.2) is 5.91 Å². The predicted octanol–water partition coefficient (Wildman–Crippen LogP) is 4.27. The number of nitrogens with one attached hydrogen (secondary N) is 1. The number of ether oxygens (including phenoxy) is 1. The quantitative estimate of drug-likeness (QED) is 0.915. The SMILES string of the molecule is Cc1ccc(COc2ccc3c(c2)C(C(C)C)C(=O)N3)cc1. The number of anilines is 1. The largest absolute Gasteiger partial charge is 0.489 e. The molecular formula is C19H21NO2. The molecule has 1 amide bonds. The predicted molar refractivity (Wildman–Crippen MR) is 88.2 cm³/mol. The van der Waals surface area contributed by atoms with E-state index in [0.29, 0.717) is 6.61 Å². The number of carbonyl (C=O) groups excluding carboxylic acids is 1. The van der Waals surface area contributed by atoms with E-state index < -0.39 is 0 Å². The monoisotopic (exact) mass is 295 g/mol. The summed E-state index contributed by atoms with van der Waals surface area (Å²) in [6, 6.07) is 14.1. The van der Waals surface area contributed by atoms with Gasteiger partial charge in [-0.15, -0.1) is 0 Å². The topological polar surface area (TPSA) is 38.3 Å². The summed E-state index contributed by atoms with van der Waals surface area (Å²) in [5.74, 6) is 1.08. The van der Waals surface area contributed by atoms with Gasteiger partial charge in [0, 0.05) is 5.69 Å². The molecule has 1 atom stereocenters. The van der Waals surface area contributed by atoms with Crippen LogP contribution < -0.4 is 10.1 Å². The highest BCUT2D eigenvalue weighted by Gasteiger charge is 2.33. The molecule has 0 fully saturated rings. The van der Waals surface area contributed by atoms with Gasteiger partial charge >= 0.3 is 0 Å². The number of hydrogen-bond acceptors (Lipinski definition) is 2. The number of carbonyl (C=O) groups is 1. The second kappa shape index (κ2) is 5.84. The standard InChI is InChI=1S/C19H21NO2/c1-12(2)18-16-10-15(8-9-17(16)20-19(18)21)22-11-14-6-4-13(3)5-7-14/h4-10,12,18H,11H2,1-3H3,(H,20,21). The first kappa shape index (κ1) is 14.6. The molecule has 2 aromatic rings. The van der Waals surface area contributed by atoms with E-state index in [2.05, 4.69) is 50.4 Å². The zero-order chi connectivity index (χ0) is 15.7. The average Bonchev–Trinajstić information content (AvgIpc) is 2.82. The molecule has 0 aliphatic carbocycles. The second-order valence-electron chi connectivity index (χ2n) is 6.23. The Bertz CT molecular complexity index is 689. The molecule has 1 unspecified atom stereocenters. The van der Waals surface area contributed by atoms with Crippen molar-refractivity contribution in [3.63, 3.8) is 0 Å². The first-order valence-corrected chi connectivity index (χ1v) is 7.68. The third kappa shape index (κ3) is 2.84. The molecule has 1 aliphatic rings. The Kier molecular flexibility index (Phi) is 3.88. The van der Waals surface area contributed by atoms with Crippen LogP contribution >= 0.6 is 0 Å². The van der Waals surface area contributed by atoms with Gasteiger partial charge in [-0.3, -0.25) is 4.79 Å². The zero-order valence-corrected chi connectivity index (χ0v) is 13.2. The minimum Gasteiger partial charge on any atom is -0.489 e. The summed E-state index contributed by atoms with van der Waals surface area (Å²) in [5, 5.41) is 2.94. The molecule has 114 valence electrons. The molecule has 0 spiro atoms. The van der Waals surface area contributed by atoms with Crippen LogP contribution in [0.4, 0.5) is 5.69 Å². The lowest BCUT2D eigenvalue weighted by molar-refractivity contribution is -0.117. The summed E-state index contributed by atoms with van der Waals surface area (Å²) in [7, 11) is 0. The van der Waals surface area contributed by atoms with E-state index >= 15 is 0 Å². The van der Waals surface area contributed by atoms with Crippen molar-refractivity contribution in [3.8, 4) is 5.75 Å². The van der Waals surface area contributed by atoms with Gasteiger partial charge in [0.2, 0.25) is 5.91 Å². The molecule has 3 nitrogen and oxygen atoms in total. The summed E-state index contributed by atoms with van der Waals surface area (Å²) < 4.78 is 5.88. The maximum atomic E-state index is 12.0. The van der Waals surface area contributed by atoms with E-state index in [9.17, 15) is 4.79 Å². The lowest BCUT2D eigenvalue weighted by Gasteiger charge is -2.14. The molecular weight excluding hydrogens is 274 g/mol. The summed E-state index contributed by atoms with van der Waals surface area (Å²) in [6.07, 6.45) is 0. The van der Waals surface area contributed by atoms with Gasteiger partial charge in [0.15, 0.2) is 0 Å². The molecule has 0 aromatic heterocycles. The van der Waals surface area contributed by atoms with Crippen molar-refractivity contribution in [3.05, 3.63) is 59.2 Å².